The summed E-state index contributed by atoms with van der Waals surface area (Å²) in [5.41, 5.74) is 12.8. The summed E-state index contributed by atoms with van der Waals surface area (Å²) in [6, 6.07) is 22.0. The molecule has 2 N–H and O–H groups in total. The average Bonchev–Trinajstić information content (AvgIpc) is 3.30. The average molecular weight is 422 g/mol. The van der Waals surface area contributed by atoms with Crippen molar-refractivity contribution in [1.29, 1.82) is 5.26 Å². The van der Waals surface area contributed by atoms with Gasteiger partial charge in [-0.25, -0.2) is 0 Å². The summed E-state index contributed by atoms with van der Waals surface area (Å²) in [5, 5.41) is 19.6. The van der Waals surface area contributed by atoms with Crippen LogP contribution in [0.5, 0.6) is 5.88 Å². The van der Waals surface area contributed by atoms with Gasteiger partial charge in [0.15, 0.2) is 0 Å². The lowest BCUT2D eigenvalue weighted by Crippen LogP contribution is -2.22. The van der Waals surface area contributed by atoms with E-state index in [1.165, 1.54) is 0 Å². The number of benzene rings is 2. The Kier molecular flexibility index (Phi) is 4.56. The monoisotopic (exact) mass is 422 g/mol. The summed E-state index contributed by atoms with van der Waals surface area (Å²) in [4.78, 5) is 0. The minimum absolute atomic E-state index is 0.0874. The second-order valence-electron chi connectivity index (χ2n) is 7.81. The summed E-state index contributed by atoms with van der Waals surface area (Å²) >= 11 is 0. The Morgan fingerprint density at radius 2 is 1.62 bits per heavy atom. The zero-order chi connectivity index (χ0) is 22.4. The maximum atomic E-state index is 10.1. The number of para-hydroxylation sites is 1. The molecule has 2 aromatic carbocycles. The van der Waals surface area contributed by atoms with Gasteiger partial charge in [0, 0.05) is 23.9 Å². The number of aryl methyl sites for hydroxylation is 2. The van der Waals surface area contributed by atoms with Crippen LogP contribution in [0.1, 0.15) is 28.4 Å². The van der Waals surface area contributed by atoms with Crippen molar-refractivity contribution in [2.24, 2.45) is 12.8 Å². The number of hydrogen-bond donors (Lipinski definition) is 1. The minimum atomic E-state index is -0.440. The van der Waals surface area contributed by atoms with E-state index in [9.17, 15) is 5.26 Å². The molecule has 1 aliphatic rings. The molecule has 2 aromatic heterocycles. The third kappa shape index (κ3) is 2.88. The van der Waals surface area contributed by atoms with Crippen molar-refractivity contribution in [2.75, 3.05) is 0 Å². The molecular weight excluding hydrogens is 400 g/mol. The molecular formula is C25H22N6O. The Balaban J connectivity index is 1.88. The van der Waals surface area contributed by atoms with E-state index in [0.29, 0.717) is 11.5 Å². The fourth-order valence-electron chi connectivity index (χ4n) is 4.39. The standard InChI is InChI=1S/C25H22N6O/c1-15-20(16(2)30(3)28-15)21-19(14-26)24(27)32-25-22(21)23(17-10-6-4-7-11-17)29-31(25)18-12-8-5-9-13-18/h4-13,21H,27H2,1-3H3/t21-/m0/s1. The SMILES string of the molecule is Cc1nn(C)c(C)c1[C@@H]1C(C#N)=C(N)Oc2c1c(-c1ccccc1)nn2-c1ccccc1. The molecule has 0 fully saturated rings. The molecule has 0 radical (unpaired) electrons. The van der Waals surface area contributed by atoms with Crippen LogP contribution in [0.3, 0.4) is 0 Å². The van der Waals surface area contributed by atoms with Crippen LogP contribution in [0.15, 0.2) is 72.1 Å². The van der Waals surface area contributed by atoms with Gasteiger partial charge in [-0.05, 0) is 26.0 Å². The van der Waals surface area contributed by atoms with Crippen LogP contribution in [-0.2, 0) is 7.05 Å². The van der Waals surface area contributed by atoms with E-state index in [0.717, 1.165) is 39.5 Å². The van der Waals surface area contributed by atoms with Crippen LogP contribution < -0.4 is 10.5 Å². The third-order valence-corrected chi connectivity index (χ3v) is 5.95. The van der Waals surface area contributed by atoms with Gasteiger partial charge < -0.3 is 10.5 Å². The predicted molar refractivity (Wildman–Crippen MR) is 121 cm³/mol. The molecule has 3 heterocycles. The molecule has 7 nitrogen and oxygen atoms in total. The molecule has 7 heteroatoms. The number of nitrogens with two attached hydrogens (primary N) is 1. The van der Waals surface area contributed by atoms with E-state index >= 15 is 0 Å². The van der Waals surface area contributed by atoms with Crippen molar-refractivity contribution in [3.05, 3.63) is 94.6 Å². The largest absolute Gasteiger partial charge is 0.422 e. The van der Waals surface area contributed by atoms with E-state index in [-0.39, 0.29) is 5.88 Å². The highest BCUT2D eigenvalue weighted by Gasteiger charge is 2.39. The van der Waals surface area contributed by atoms with Crippen LogP contribution in [0.25, 0.3) is 16.9 Å². The second kappa shape index (κ2) is 7.43. The number of fused-ring (bicyclic) bond motifs is 1. The quantitative estimate of drug-likeness (QED) is 0.536. The Morgan fingerprint density at radius 3 is 2.22 bits per heavy atom. The number of allylic oxidation sites excluding steroid dienone is 1. The van der Waals surface area contributed by atoms with Gasteiger partial charge in [0.2, 0.25) is 11.8 Å². The molecule has 1 atom stereocenters. The fraction of sp³-hybridized carbons (Fsp3) is 0.160. The topological polar surface area (TPSA) is 94.7 Å². The number of nitriles is 1. The highest BCUT2D eigenvalue weighted by Crippen LogP contribution is 2.48. The lowest BCUT2D eigenvalue weighted by Gasteiger charge is -2.25. The maximum Gasteiger partial charge on any atom is 0.229 e. The molecule has 1 aliphatic heterocycles. The number of ether oxygens (including phenoxy) is 1. The zero-order valence-electron chi connectivity index (χ0n) is 18.1. The molecule has 158 valence electrons. The van der Waals surface area contributed by atoms with Gasteiger partial charge in [-0.2, -0.15) is 20.1 Å². The van der Waals surface area contributed by atoms with E-state index < -0.39 is 5.92 Å². The predicted octanol–water partition coefficient (Wildman–Crippen LogP) is 4.11. The number of nitrogens with zero attached hydrogens (tertiary/aromatic N) is 5. The van der Waals surface area contributed by atoms with Gasteiger partial charge in [0.1, 0.15) is 17.3 Å². The normalized spacial score (nSPS) is 15.2. The molecule has 4 aromatic rings. The molecule has 0 amide bonds. The van der Waals surface area contributed by atoms with Crippen molar-refractivity contribution in [2.45, 2.75) is 19.8 Å². The first-order valence-corrected chi connectivity index (χ1v) is 10.3. The van der Waals surface area contributed by atoms with Crippen LogP contribution in [0.4, 0.5) is 0 Å². The van der Waals surface area contributed by atoms with Crippen molar-refractivity contribution >= 4 is 0 Å². The fourth-order valence-corrected chi connectivity index (χ4v) is 4.39. The number of rotatable bonds is 3. The highest BCUT2D eigenvalue weighted by molar-refractivity contribution is 5.72. The van der Waals surface area contributed by atoms with E-state index in [1.54, 1.807) is 4.68 Å². The minimum Gasteiger partial charge on any atom is -0.422 e. The molecule has 0 saturated carbocycles. The van der Waals surface area contributed by atoms with Crippen molar-refractivity contribution in [1.82, 2.24) is 19.6 Å². The summed E-state index contributed by atoms with van der Waals surface area (Å²) in [5.74, 6) is 0.161. The van der Waals surface area contributed by atoms with Gasteiger partial charge in [0.05, 0.1) is 22.9 Å². The van der Waals surface area contributed by atoms with Crippen LogP contribution >= 0.6 is 0 Å². The summed E-state index contributed by atoms with van der Waals surface area (Å²) in [7, 11) is 1.90. The molecule has 32 heavy (non-hydrogen) atoms. The highest BCUT2D eigenvalue weighted by atomic mass is 16.5. The molecule has 0 unspecified atom stereocenters. The molecule has 0 spiro atoms. The first-order chi connectivity index (χ1) is 15.5. The first-order valence-electron chi connectivity index (χ1n) is 10.3. The molecule has 0 aliphatic carbocycles. The summed E-state index contributed by atoms with van der Waals surface area (Å²) in [6.45, 7) is 3.95. The van der Waals surface area contributed by atoms with E-state index in [4.69, 9.17) is 15.6 Å². The van der Waals surface area contributed by atoms with Gasteiger partial charge in [-0.3, -0.25) is 4.68 Å². The first kappa shape index (κ1) is 19.6. The Bertz CT molecular complexity index is 1390. The van der Waals surface area contributed by atoms with Crippen LogP contribution in [0.2, 0.25) is 0 Å². The zero-order valence-corrected chi connectivity index (χ0v) is 18.1. The Morgan fingerprint density at radius 1 is 0.969 bits per heavy atom. The maximum absolute atomic E-state index is 10.1. The van der Waals surface area contributed by atoms with E-state index in [2.05, 4.69) is 11.2 Å². The Labute approximate surface area is 186 Å². The van der Waals surface area contributed by atoms with E-state index in [1.807, 2.05) is 86.2 Å². The van der Waals surface area contributed by atoms with Crippen molar-refractivity contribution < 1.29 is 4.74 Å². The molecule has 5 rings (SSSR count). The number of aromatic nitrogens is 4. The van der Waals surface area contributed by atoms with Gasteiger partial charge in [-0.15, -0.1) is 0 Å². The second-order valence-corrected chi connectivity index (χ2v) is 7.81. The van der Waals surface area contributed by atoms with Crippen LogP contribution in [0, 0.1) is 25.2 Å². The lowest BCUT2D eigenvalue weighted by atomic mass is 9.82. The van der Waals surface area contributed by atoms with Crippen molar-refractivity contribution in [3.8, 4) is 28.9 Å². The molecule has 0 saturated heterocycles. The molecule has 0 bridgehead atoms. The Hall–Kier alpha value is -4.31. The van der Waals surface area contributed by atoms with Crippen molar-refractivity contribution in [3.63, 3.8) is 0 Å². The third-order valence-electron chi connectivity index (χ3n) is 5.95. The number of hydrogen-bond acceptors (Lipinski definition) is 5. The summed E-state index contributed by atoms with van der Waals surface area (Å²) < 4.78 is 9.65. The van der Waals surface area contributed by atoms with Gasteiger partial charge in [0.25, 0.3) is 0 Å². The van der Waals surface area contributed by atoms with Gasteiger partial charge in [-0.1, -0.05) is 48.5 Å². The lowest BCUT2D eigenvalue weighted by molar-refractivity contribution is 0.367. The summed E-state index contributed by atoms with van der Waals surface area (Å²) in [6.07, 6.45) is 0. The van der Waals surface area contributed by atoms with Crippen LogP contribution in [-0.4, -0.2) is 19.6 Å². The smallest absolute Gasteiger partial charge is 0.229 e. The van der Waals surface area contributed by atoms with Gasteiger partial charge >= 0.3 is 0 Å².